The first-order chi connectivity index (χ1) is 7.43. The number of furan rings is 1. The molecular formula is C11H11N3O. The smallest absolute Gasteiger partial charge is 0.195 e. The molecule has 15 heavy (non-hydrogen) atoms. The van der Waals surface area contributed by atoms with Crippen LogP contribution in [0, 0.1) is 0 Å². The molecule has 0 amide bonds. The van der Waals surface area contributed by atoms with Crippen molar-refractivity contribution in [2.24, 2.45) is 0 Å². The van der Waals surface area contributed by atoms with Gasteiger partial charge in [-0.3, -0.25) is 0 Å². The Balaban J connectivity index is 2.04. The zero-order chi connectivity index (χ0) is 10.1. The summed E-state index contributed by atoms with van der Waals surface area (Å²) in [6.45, 7) is 1.86. The van der Waals surface area contributed by atoms with Crippen molar-refractivity contribution in [3.05, 3.63) is 35.9 Å². The van der Waals surface area contributed by atoms with Crippen LogP contribution in [0.3, 0.4) is 0 Å². The number of fused-ring (bicyclic) bond motifs is 1. The number of nitrogens with one attached hydrogen (secondary N) is 1. The second kappa shape index (κ2) is 3.47. The van der Waals surface area contributed by atoms with Gasteiger partial charge in [-0.1, -0.05) is 0 Å². The Morgan fingerprint density at radius 3 is 3.27 bits per heavy atom. The highest BCUT2D eigenvalue weighted by atomic mass is 16.3. The van der Waals surface area contributed by atoms with Crippen LogP contribution in [0.1, 0.15) is 11.3 Å². The van der Waals surface area contributed by atoms with E-state index in [1.165, 1.54) is 5.56 Å². The molecule has 0 saturated heterocycles. The van der Waals surface area contributed by atoms with Gasteiger partial charge in [-0.2, -0.15) is 0 Å². The molecule has 0 aliphatic carbocycles. The van der Waals surface area contributed by atoms with Gasteiger partial charge in [-0.15, -0.1) is 0 Å². The van der Waals surface area contributed by atoms with E-state index in [0.717, 1.165) is 31.0 Å². The second-order valence-electron chi connectivity index (χ2n) is 3.57. The maximum atomic E-state index is 5.27. The normalized spacial score (nSPS) is 14.9. The summed E-state index contributed by atoms with van der Waals surface area (Å²) in [5.74, 6) is 1.41. The Kier molecular flexibility index (Phi) is 1.99. The molecular weight excluding hydrogens is 190 g/mol. The van der Waals surface area contributed by atoms with Crippen LogP contribution in [0.5, 0.6) is 0 Å². The summed E-state index contributed by atoms with van der Waals surface area (Å²) < 4.78 is 5.27. The quantitative estimate of drug-likeness (QED) is 0.757. The van der Waals surface area contributed by atoms with Gasteiger partial charge in [0.05, 0.1) is 12.0 Å². The lowest BCUT2D eigenvalue weighted by molar-refractivity contribution is 0.573. The topological polar surface area (TPSA) is 51.0 Å². The molecule has 2 aromatic heterocycles. The molecule has 4 nitrogen and oxygen atoms in total. The summed E-state index contributed by atoms with van der Waals surface area (Å²) in [7, 11) is 0. The van der Waals surface area contributed by atoms with E-state index >= 15 is 0 Å². The third-order valence-electron chi connectivity index (χ3n) is 2.55. The number of hydrogen-bond donors (Lipinski definition) is 1. The molecule has 3 rings (SSSR count). The van der Waals surface area contributed by atoms with Crippen LogP contribution in [-0.4, -0.2) is 16.5 Å². The third-order valence-corrected chi connectivity index (χ3v) is 2.55. The summed E-state index contributed by atoms with van der Waals surface area (Å²) in [5.41, 5.74) is 2.33. The lowest BCUT2D eigenvalue weighted by atomic mass is 10.1. The minimum atomic E-state index is 0.681. The zero-order valence-corrected chi connectivity index (χ0v) is 8.23. The first-order valence-corrected chi connectivity index (χ1v) is 5.03. The number of rotatable bonds is 1. The van der Waals surface area contributed by atoms with Crippen LogP contribution in [0.4, 0.5) is 0 Å². The molecule has 76 valence electrons. The van der Waals surface area contributed by atoms with Crippen molar-refractivity contribution in [2.45, 2.75) is 13.0 Å². The molecule has 0 saturated carbocycles. The van der Waals surface area contributed by atoms with Gasteiger partial charge in [0.1, 0.15) is 0 Å². The molecule has 4 heteroatoms. The summed E-state index contributed by atoms with van der Waals surface area (Å²) in [6, 6.07) is 3.72. The fourth-order valence-electron chi connectivity index (χ4n) is 1.76. The Labute approximate surface area is 87.4 Å². The van der Waals surface area contributed by atoms with Gasteiger partial charge in [0, 0.05) is 31.3 Å². The monoisotopic (exact) mass is 201 g/mol. The minimum absolute atomic E-state index is 0.681. The van der Waals surface area contributed by atoms with E-state index in [1.54, 1.807) is 6.26 Å². The Hall–Kier alpha value is -1.68. The van der Waals surface area contributed by atoms with E-state index in [-0.39, 0.29) is 0 Å². The molecule has 1 N–H and O–H groups in total. The fourth-order valence-corrected chi connectivity index (χ4v) is 1.76. The Morgan fingerprint density at radius 2 is 2.40 bits per heavy atom. The van der Waals surface area contributed by atoms with Crippen molar-refractivity contribution < 1.29 is 4.42 Å². The molecule has 0 aromatic carbocycles. The SMILES string of the molecule is c1coc(-c2ncc3c(n2)CCNC3)c1. The maximum absolute atomic E-state index is 5.27. The first kappa shape index (κ1) is 8.61. The molecule has 0 spiro atoms. The van der Waals surface area contributed by atoms with Crippen LogP contribution in [0.15, 0.2) is 29.0 Å². The fraction of sp³-hybridized carbons (Fsp3) is 0.273. The van der Waals surface area contributed by atoms with E-state index in [0.29, 0.717) is 5.82 Å². The van der Waals surface area contributed by atoms with Crippen molar-refractivity contribution in [1.29, 1.82) is 0 Å². The largest absolute Gasteiger partial charge is 0.461 e. The van der Waals surface area contributed by atoms with Gasteiger partial charge in [0.25, 0.3) is 0 Å². The van der Waals surface area contributed by atoms with Gasteiger partial charge >= 0.3 is 0 Å². The van der Waals surface area contributed by atoms with E-state index in [9.17, 15) is 0 Å². The molecule has 0 atom stereocenters. The van der Waals surface area contributed by atoms with Crippen LogP contribution < -0.4 is 5.32 Å². The average molecular weight is 201 g/mol. The number of hydrogen-bond acceptors (Lipinski definition) is 4. The van der Waals surface area contributed by atoms with Gasteiger partial charge < -0.3 is 9.73 Å². The summed E-state index contributed by atoms with van der Waals surface area (Å²) in [6.07, 6.45) is 4.48. The first-order valence-electron chi connectivity index (χ1n) is 5.03. The van der Waals surface area contributed by atoms with E-state index in [2.05, 4.69) is 15.3 Å². The van der Waals surface area contributed by atoms with E-state index < -0.39 is 0 Å². The molecule has 2 aromatic rings. The highest BCUT2D eigenvalue weighted by molar-refractivity contribution is 5.46. The Bertz CT molecular complexity index is 465. The molecule has 0 radical (unpaired) electrons. The van der Waals surface area contributed by atoms with Crippen molar-refractivity contribution in [1.82, 2.24) is 15.3 Å². The van der Waals surface area contributed by atoms with Crippen LogP contribution in [0.25, 0.3) is 11.6 Å². The average Bonchev–Trinajstić information content (AvgIpc) is 2.82. The van der Waals surface area contributed by atoms with E-state index in [4.69, 9.17) is 4.42 Å². The molecule has 1 aliphatic heterocycles. The third kappa shape index (κ3) is 1.53. The number of nitrogens with zero attached hydrogens (tertiary/aromatic N) is 2. The zero-order valence-electron chi connectivity index (χ0n) is 8.23. The maximum Gasteiger partial charge on any atom is 0.195 e. The predicted octanol–water partition coefficient (Wildman–Crippen LogP) is 1.38. The second-order valence-corrected chi connectivity index (χ2v) is 3.57. The van der Waals surface area contributed by atoms with Crippen molar-refractivity contribution >= 4 is 0 Å². The Morgan fingerprint density at radius 1 is 1.40 bits per heavy atom. The number of aromatic nitrogens is 2. The molecule has 1 aliphatic rings. The van der Waals surface area contributed by atoms with Gasteiger partial charge in [-0.05, 0) is 12.1 Å². The van der Waals surface area contributed by atoms with Gasteiger partial charge in [0.2, 0.25) is 0 Å². The van der Waals surface area contributed by atoms with Crippen LogP contribution in [0.2, 0.25) is 0 Å². The molecule has 3 heterocycles. The molecule has 0 unspecified atom stereocenters. The van der Waals surface area contributed by atoms with Gasteiger partial charge in [-0.25, -0.2) is 9.97 Å². The van der Waals surface area contributed by atoms with Crippen molar-refractivity contribution in [2.75, 3.05) is 6.54 Å². The summed E-state index contributed by atoms with van der Waals surface area (Å²) in [5, 5.41) is 3.29. The standard InChI is InChI=1S/C11H11N3O/c1-2-10(15-5-1)11-13-7-8-6-12-4-3-9(8)14-11/h1-2,5,7,12H,3-4,6H2. The van der Waals surface area contributed by atoms with Crippen LogP contribution >= 0.6 is 0 Å². The van der Waals surface area contributed by atoms with Crippen LogP contribution in [-0.2, 0) is 13.0 Å². The minimum Gasteiger partial charge on any atom is -0.461 e. The van der Waals surface area contributed by atoms with E-state index in [1.807, 2.05) is 18.3 Å². The van der Waals surface area contributed by atoms with Gasteiger partial charge in [0.15, 0.2) is 11.6 Å². The summed E-state index contributed by atoms with van der Waals surface area (Å²) >= 11 is 0. The molecule has 0 bridgehead atoms. The highest BCUT2D eigenvalue weighted by Crippen LogP contribution is 2.18. The predicted molar refractivity (Wildman–Crippen MR) is 55.1 cm³/mol. The lowest BCUT2D eigenvalue weighted by Gasteiger charge is -2.15. The highest BCUT2D eigenvalue weighted by Gasteiger charge is 2.13. The van der Waals surface area contributed by atoms with Crippen molar-refractivity contribution in [3.63, 3.8) is 0 Å². The lowest BCUT2D eigenvalue weighted by Crippen LogP contribution is -2.24. The van der Waals surface area contributed by atoms with Crippen molar-refractivity contribution in [3.8, 4) is 11.6 Å². The summed E-state index contributed by atoms with van der Waals surface area (Å²) in [4.78, 5) is 8.80. The molecule has 0 fully saturated rings.